The maximum absolute atomic E-state index is 11.6. The van der Waals surface area contributed by atoms with E-state index in [1.165, 1.54) is 0 Å². The second kappa shape index (κ2) is 4.11. The van der Waals surface area contributed by atoms with Crippen LogP contribution >= 0.6 is 0 Å². The Bertz CT molecular complexity index is 331. The molecule has 1 N–H and O–H groups in total. The molecule has 0 aromatic carbocycles. The number of carboxylic acid groups (broad SMARTS) is 1. The molecular weight excluding hydrogens is 214 g/mol. The molecule has 1 unspecified atom stereocenters. The van der Waals surface area contributed by atoms with Gasteiger partial charge >= 0.3 is 12.1 Å². The second-order valence-corrected chi connectivity index (χ2v) is 4.63. The lowest BCUT2D eigenvalue weighted by Gasteiger charge is -2.24. The first-order valence-electron chi connectivity index (χ1n) is 5.00. The number of ether oxygens (including phenoxy) is 1. The van der Waals surface area contributed by atoms with Crippen molar-refractivity contribution in [2.75, 3.05) is 0 Å². The van der Waals surface area contributed by atoms with Gasteiger partial charge in [-0.3, -0.25) is 4.79 Å². The van der Waals surface area contributed by atoms with E-state index in [1.54, 1.807) is 20.8 Å². The van der Waals surface area contributed by atoms with Gasteiger partial charge in [-0.2, -0.15) is 0 Å². The third-order valence-electron chi connectivity index (χ3n) is 2.10. The molecule has 1 heterocycles. The molecule has 6 nitrogen and oxygen atoms in total. The number of carbonyl (C=O) groups excluding carboxylic acids is 2. The van der Waals surface area contributed by atoms with E-state index in [0.717, 1.165) is 0 Å². The molecule has 0 aromatic heterocycles. The van der Waals surface area contributed by atoms with E-state index in [2.05, 4.69) is 0 Å². The lowest BCUT2D eigenvalue weighted by Crippen LogP contribution is -2.44. The first kappa shape index (κ1) is 12.5. The fraction of sp³-hybridized carbons (Fsp3) is 0.700. The summed E-state index contributed by atoms with van der Waals surface area (Å²) in [5.41, 5.74) is -0.688. The van der Waals surface area contributed by atoms with Crippen LogP contribution in [0.25, 0.3) is 0 Å². The summed E-state index contributed by atoms with van der Waals surface area (Å²) >= 11 is 0. The number of esters is 1. The molecule has 0 aliphatic carbocycles. The molecule has 0 bridgehead atoms. The third-order valence-corrected chi connectivity index (χ3v) is 2.10. The molecule has 1 saturated heterocycles. The first-order valence-corrected chi connectivity index (χ1v) is 5.00. The van der Waals surface area contributed by atoms with Crippen LogP contribution < -0.4 is 0 Å². The number of likely N-dealkylation sites (tertiary alicyclic amines) is 1. The smallest absolute Gasteiger partial charge is 0.414 e. The summed E-state index contributed by atoms with van der Waals surface area (Å²) in [6, 6.07) is -0.996. The van der Waals surface area contributed by atoms with Gasteiger partial charge < -0.3 is 9.84 Å². The van der Waals surface area contributed by atoms with Crippen LogP contribution in [0.4, 0.5) is 4.79 Å². The average Bonchev–Trinajstić information content (AvgIpc) is 2.43. The van der Waals surface area contributed by atoms with Crippen LogP contribution in [-0.2, 0) is 14.3 Å². The predicted molar refractivity (Wildman–Crippen MR) is 53.7 cm³/mol. The number of hydrogen-bond donors (Lipinski definition) is 1. The minimum Gasteiger partial charge on any atom is -0.465 e. The Kier molecular flexibility index (Phi) is 3.21. The maximum Gasteiger partial charge on any atom is 0.414 e. The van der Waals surface area contributed by atoms with Crippen LogP contribution in [0.1, 0.15) is 33.6 Å². The zero-order valence-corrected chi connectivity index (χ0v) is 9.52. The highest BCUT2D eigenvalue weighted by atomic mass is 16.6. The first-order chi connectivity index (χ1) is 7.22. The summed E-state index contributed by atoms with van der Waals surface area (Å²) in [5, 5.41) is 8.80. The van der Waals surface area contributed by atoms with Crippen LogP contribution in [0.2, 0.25) is 0 Å². The molecule has 16 heavy (non-hydrogen) atoms. The van der Waals surface area contributed by atoms with Gasteiger partial charge in [0.25, 0.3) is 0 Å². The van der Waals surface area contributed by atoms with Crippen molar-refractivity contribution in [3.05, 3.63) is 0 Å². The van der Waals surface area contributed by atoms with Crippen molar-refractivity contribution in [1.29, 1.82) is 0 Å². The zero-order valence-electron chi connectivity index (χ0n) is 9.52. The van der Waals surface area contributed by atoms with E-state index in [1.807, 2.05) is 0 Å². The lowest BCUT2D eigenvalue weighted by molar-refractivity contribution is -0.161. The van der Waals surface area contributed by atoms with Gasteiger partial charge in [0.1, 0.15) is 11.6 Å². The van der Waals surface area contributed by atoms with E-state index in [-0.39, 0.29) is 12.8 Å². The van der Waals surface area contributed by atoms with Crippen molar-refractivity contribution in [1.82, 2.24) is 4.90 Å². The normalized spacial score (nSPS) is 21.1. The highest BCUT2D eigenvalue weighted by Crippen LogP contribution is 2.22. The quantitative estimate of drug-likeness (QED) is 0.678. The van der Waals surface area contributed by atoms with Crippen LogP contribution in [-0.4, -0.2) is 39.6 Å². The van der Waals surface area contributed by atoms with Crippen molar-refractivity contribution >= 4 is 18.0 Å². The van der Waals surface area contributed by atoms with Crippen molar-refractivity contribution in [2.45, 2.75) is 45.3 Å². The largest absolute Gasteiger partial charge is 0.465 e. The summed E-state index contributed by atoms with van der Waals surface area (Å²) in [5.74, 6) is -1.22. The van der Waals surface area contributed by atoms with Crippen molar-refractivity contribution in [3.63, 3.8) is 0 Å². The SMILES string of the molecule is CC(C)(C)OC(=O)C1CCC(=O)N1C(=O)O. The van der Waals surface area contributed by atoms with E-state index < -0.39 is 29.6 Å². The van der Waals surface area contributed by atoms with Crippen LogP contribution in [0.5, 0.6) is 0 Å². The maximum atomic E-state index is 11.6. The Morgan fingerprint density at radius 1 is 1.44 bits per heavy atom. The molecule has 90 valence electrons. The summed E-state index contributed by atoms with van der Waals surface area (Å²) < 4.78 is 5.05. The molecule has 1 fully saturated rings. The number of hydrogen-bond acceptors (Lipinski definition) is 4. The predicted octanol–water partition coefficient (Wildman–Crippen LogP) is 0.997. The van der Waals surface area contributed by atoms with Gasteiger partial charge in [-0.05, 0) is 27.2 Å². The molecule has 2 amide bonds. The summed E-state index contributed by atoms with van der Waals surface area (Å²) in [6.07, 6.45) is -1.14. The molecular formula is C10H15NO5. The van der Waals surface area contributed by atoms with Gasteiger partial charge in [0.05, 0.1) is 0 Å². The highest BCUT2D eigenvalue weighted by Gasteiger charge is 2.42. The summed E-state index contributed by atoms with van der Waals surface area (Å²) in [7, 11) is 0. The van der Waals surface area contributed by atoms with Crippen molar-refractivity contribution < 1.29 is 24.2 Å². The Hall–Kier alpha value is -1.59. The fourth-order valence-corrected chi connectivity index (χ4v) is 1.52. The fourth-order valence-electron chi connectivity index (χ4n) is 1.52. The number of nitrogens with zero attached hydrogens (tertiary/aromatic N) is 1. The Morgan fingerprint density at radius 2 is 2.00 bits per heavy atom. The molecule has 0 saturated carbocycles. The number of carbonyl (C=O) groups is 3. The molecule has 1 aliphatic rings. The monoisotopic (exact) mass is 229 g/mol. The Labute approximate surface area is 93.2 Å². The van der Waals surface area contributed by atoms with Crippen molar-refractivity contribution in [2.24, 2.45) is 0 Å². The van der Waals surface area contributed by atoms with E-state index in [4.69, 9.17) is 9.84 Å². The highest BCUT2D eigenvalue weighted by molar-refractivity contribution is 5.98. The van der Waals surface area contributed by atoms with E-state index in [0.29, 0.717) is 4.90 Å². The minimum atomic E-state index is -1.40. The third kappa shape index (κ3) is 2.71. The van der Waals surface area contributed by atoms with Gasteiger partial charge in [0.2, 0.25) is 5.91 Å². The topological polar surface area (TPSA) is 83.9 Å². The van der Waals surface area contributed by atoms with Crippen LogP contribution in [0.15, 0.2) is 0 Å². The van der Waals surface area contributed by atoms with Gasteiger partial charge in [0.15, 0.2) is 0 Å². The zero-order chi connectivity index (χ0) is 12.5. The lowest BCUT2D eigenvalue weighted by atomic mass is 10.1. The number of imide groups is 1. The molecule has 0 spiro atoms. The standard InChI is InChI=1S/C10H15NO5/c1-10(2,3)16-8(13)6-4-5-7(12)11(6)9(14)15/h6H,4-5H2,1-3H3,(H,14,15). The molecule has 1 aliphatic heterocycles. The molecule has 1 atom stereocenters. The molecule has 6 heteroatoms. The van der Waals surface area contributed by atoms with Gasteiger partial charge in [-0.15, -0.1) is 0 Å². The summed E-state index contributed by atoms with van der Waals surface area (Å²) in [4.78, 5) is 34.2. The van der Waals surface area contributed by atoms with Crippen molar-refractivity contribution in [3.8, 4) is 0 Å². The molecule has 0 aromatic rings. The van der Waals surface area contributed by atoms with E-state index in [9.17, 15) is 14.4 Å². The van der Waals surface area contributed by atoms with Crippen LogP contribution in [0, 0.1) is 0 Å². The molecule has 1 rings (SSSR count). The molecule has 0 radical (unpaired) electrons. The van der Waals surface area contributed by atoms with Crippen LogP contribution in [0.3, 0.4) is 0 Å². The Balaban J connectivity index is 2.77. The van der Waals surface area contributed by atoms with E-state index >= 15 is 0 Å². The summed E-state index contributed by atoms with van der Waals surface area (Å²) in [6.45, 7) is 5.06. The Morgan fingerprint density at radius 3 is 2.44 bits per heavy atom. The number of amides is 2. The van der Waals surface area contributed by atoms with Gasteiger partial charge in [-0.25, -0.2) is 14.5 Å². The van der Waals surface area contributed by atoms with Gasteiger partial charge in [0, 0.05) is 6.42 Å². The second-order valence-electron chi connectivity index (χ2n) is 4.63. The number of rotatable bonds is 1. The minimum absolute atomic E-state index is 0.0657. The average molecular weight is 229 g/mol. The van der Waals surface area contributed by atoms with Gasteiger partial charge in [-0.1, -0.05) is 0 Å².